The molecule has 3 aliphatic rings. The van der Waals surface area contributed by atoms with Crippen molar-refractivity contribution in [1.82, 2.24) is 10.3 Å². The van der Waals surface area contributed by atoms with Gasteiger partial charge in [0.1, 0.15) is 11.9 Å². The average Bonchev–Trinajstić information content (AvgIpc) is 3.11. The van der Waals surface area contributed by atoms with Crippen LogP contribution in [-0.2, 0) is 5.41 Å². The van der Waals surface area contributed by atoms with Gasteiger partial charge >= 0.3 is 6.18 Å². The summed E-state index contributed by atoms with van der Waals surface area (Å²) in [6.45, 7) is 2.06. The molecule has 114 valence electrons. The Hall–Kier alpha value is -1.30. The molecule has 0 aromatic carbocycles. The predicted molar refractivity (Wildman–Crippen MR) is 70.2 cm³/mol. The first kappa shape index (κ1) is 13.4. The van der Waals surface area contributed by atoms with Crippen molar-refractivity contribution >= 4 is 0 Å². The van der Waals surface area contributed by atoms with E-state index in [1.807, 2.05) is 0 Å². The maximum absolute atomic E-state index is 13.1. The Balaban J connectivity index is 1.47. The van der Waals surface area contributed by atoms with E-state index in [0.29, 0.717) is 11.2 Å². The van der Waals surface area contributed by atoms with Gasteiger partial charge in [0.05, 0.1) is 11.6 Å². The van der Waals surface area contributed by atoms with Gasteiger partial charge in [0.2, 0.25) is 0 Å². The standard InChI is InChI=1S/C15H17F3N2O/c16-15(17,18)14(1-2-14)10-3-11(7-19-6-10)21-12-4-13(5-12)8-20-9-13/h3,6-7,12,20H,1-2,4-5,8-9H2. The molecule has 2 aliphatic carbocycles. The molecule has 0 bridgehead atoms. The molecule has 1 aliphatic heterocycles. The smallest absolute Gasteiger partial charge is 0.398 e. The third-order valence-corrected chi connectivity index (χ3v) is 5.18. The topological polar surface area (TPSA) is 34.1 Å². The molecule has 1 aromatic rings. The maximum atomic E-state index is 13.1. The molecule has 0 atom stereocenters. The number of nitrogens with one attached hydrogen (secondary N) is 1. The molecule has 1 N–H and O–H groups in total. The van der Waals surface area contributed by atoms with Crippen LogP contribution in [0.3, 0.4) is 0 Å². The quantitative estimate of drug-likeness (QED) is 0.932. The first-order chi connectivity index (χ1) is 9.93. The Bertz CT molecular complexity index is 556. The highest BCUT2D eigenvalue weighted by molar-refractivity contribution is 5.36. The third kappa shape index (κ3) is 2.03. The molecule has 0 amide bonds. The van der Waals surface area contributed by atoms with Gasteiger partial charge in [0.25, 0.3) is 0 Å². The number of hydrogen-bond donors (Lipinski definition) is 1. The molecule has 1 aromatic heterocycles. The van der Waals surface area contributed by atoms with Gasteiger partial charge in [-0.1, -0.05) is 0 Å². The third-order valence-electron chi connectivity index (χ3n) is 5.18. The lowest BCUT2D eigenvalue weighted by molar-refractivity contribution is -0.160. The highest BCUT2D eigenvalue weighted by Gasteiger charge is 2.64. The molecule has 4 rings (SSSR count). The van der Waals surface area contributed by atoms with Gasteiger partial charge in [-0.15, -0.1) is 0 Å². The molecular formula is C15H17F3N2O. The van der Waals surface area contributed by atoms with Gasteiger partial charge in [0, 0.05) is 24.7 Å². The van der Waals surface area contributed by atoms with Crippen molar-refractivity contribution in [3.63, 3.8) is 0 Å². The van der Waals surface area contributed by atoms with Crippen LogP contribution in [0, 0.1) is 5.41 Å². The summed E-state index contributed by atoms with van der Waals surface area (Å²) in [6, 6.07) is 1.53. The first-order valence-electron chi connectivity index (χ1n) is 7.32. The first-order valence-corrected chi connectivity index (χ1v) is 7.32. The zero-order valence-electron chi connectivity index (χ0n) is 11.5. The number of aromatic nitrogens is 1. The second kappa shape index (κ2) is 4.12. The molecule has 3 nitrogen and oxygen atoms in total. The summed E-state index contributed by atoms with van der Waals surface area (Å²) in [5.74, 6) is 0.468. The number of ether oxygens (including phenoxy) is 1. The van der Waals surface area contributed by atoms with E-state index in [4.69, 9.17) is 4.74 Å². The molecule has 6 heteroatoms. The minimum atomic E-state index is -4.20. The van der Waals surface area contributed by atoms with E-state index in [0.717, 1.165) is 25.9 Å². The van der Waals surface area contributed by atoms with Crippen LogP contribution in [0.25, 0.3) is 0 Å². The second-order valence-electron chi connectivity index (χ2n) is 6.74. The van der Waals surface area contributed by atoms with Crippen LogP contribution in [0.1, 0.15) is 31.2 Å². The predicted octanol–water partition coefficient (Wildman–Crippen LogP) is 2.81. The SMILES string of the molecule is FC(F)(F)C1(c2cncc(OC3CC4(CNC4)C3)c2)CC1. The van der Waals surface area contributed by atoms with Gasteiger partial charge in [-0.2, -0.15) is 13.2 Å². The molecule has 21 heavy (non-hydrogen) atoms. The highest BCUT2D eigenvalue weighted by atomic mass is 19.4. The van der Waals surface area contributed by atoms with Crippen LogP contribution in [-0.4, -0.2) is 30.4 Å². The van der Waals surface area contributed by atoms with Crippen LogP contribution in [0.15, 0.2) is 18.5 Å². The average molecular weight is 298 g/mol. The van der Waals surface area contributed by atoms with E-state index >= 15 is 0 Å². The van der Waals surface area contributed by atoms with Crippen molar-refractivity contribution in [3.05, 3.63) is 24.0 Å². The fraction of sp³-hybridized carbons (Fsp3) is 0.667. The van der Waals surface area contributed by atoms with Gasteiger partial charge in [-0.05, 0) is 37.3 Å². The van der Waals surface area contributed by atoms with Crippen molar-refractivity contribution in [2.45, 2.75) is 43.4 Å². The Labute approximate surface area is 120 Å². The van der Waals surface area contributed by atoms with E-state index in [9.17, 15) is 13.2 Å². The van der Waals surface area contributed by atoms with Crippen molar-refractivity contribution in [1.29, 1.82) is 0 Å². The van der Waals surface area contributed by atoms with Crippen LogP contribution in [0.2, 0.25) is 0 Å². The Kier molecular flexibility index (Phi) is 2.62. The summed E-state index contributed by atoms with van der Waals surface area (Å²) in [7, 11) is 0. The van der Waals surface area contributed by atoms with Crippen LogP contribution in [0.4, 0.5) is 13.2 Å². The minimum Gasteiger partial charge on any atom is -0.489 e. The van der Waals surface area contributed by atoms with Gasteiger partial charge in [-0.25, -0.2) is 0 Å². The largest absolute Gasteiger partial charge is 0.489 e. The Morgan fingerprint density at radius 1 is 1.19 bits per heavy atom. The normalized spacial score (nSPS) is 26.0. The number of pyridine rings is 1. The van der Waals surface area contributed by atoms with Crippen molar-refractivity contribution < 1.29 is 17.9 Å². The summed E-state index contributed by atoms with van der Waals surface area (Å²) in [5.41, 5.74) is -1.05. The summed E-state index contributed by atoms with van der Waals surface area (Å²) in [4.78, 5) is 3.95. The van der Waals surface area contributed by atoms with E-state index < -0.39 is 11.6 Å². The van der Waals surface area contributed by atoms with Crippen molar-refractivity contribution in [2.24, 2.45) is 5.41 Å². The fourth-order valence-electron chi connectivity index (χ4n) is 3.55. The highest BCUT2D eigenvalue weighted by Crippen LogP contribution is 2.59. The van der Waals surface area contributed by atoms with Gasteiger partial charge in [0.15, 0.2) is 0 Å². The van der Waals surface area contributed by atoms with Crippen LogP contribution < -0.4 is 10.1 Å². The molecule has 0 unspecified atom stereocenters. The number of rotatable bonds is 3. The van der Waals surface area contributed by atoms with Gasteiger partial charge in [-0.3, -0.25) is 4.98 Å². The zero-order chi connectivity index (χ0) is 14.7. The van der Waals surface area contributed by atoms with Gasteiger partial charge < -0.3 is 10.1 Å². The molecule has 1 spiro atoms. The molecule has 3 fully saturated rings. The fourth-order valence-corrected chi connectivity index (χ4v) is 3.55. The monoisotopic (exact) mass is 298 g/mol. The van der Waals surface area contributed by atoms with E-state index in [1.54, 1.807) is 0 Å². The van der Waals surface area contributed by atoms with E-state index in [1.165, 1.54) is 18.5 Å². The van der Waals surface area contributed by atoms with Crippen molar-refractivity contribution in [3.8, 4) is 5.75 Å². The number of nitrogens with zero attached hydrogens (tertiary/aromatic N) is 1. The summed E-state index contributed by atoms with van der Waals surface area (Å²) < 4.78 is 45.2. The zero-order valence-corrected chi connectivity index (χ0v) is 11.5. The minimum absolute atomic E-state index is 0.116. The summed E-state index contributed by atoms with van der Waals surface area (Å²) in [6.07, 6.45) is 1.02. The molecule has 2 heterocycles. The Morgan fingerprint density at radius 2 is 1.90 bits per heavy atom. The summed E-state index contributed by atoms with van der Waals surface area (Å²) >= 11 is 0. The van der Waals surface area contributed by atoms with Crippen LogP contribution >= 0.6 is 0 Å². The number of halogens is 3. The lowest BCUT2D eigenvalue weighted by Gasteiger charge is -2.53. The second-order valence-corrected chi connectivity index (χ2v) is 6.74. The maximum Gasteiger partial charge on any atom is 0.398 e. The molecule has 1 saturated heterocycles. The van der Waals surface area contributed by atoms with Crippen molar-refractivity contribution in [2.75, 3.05) is 13.1 Å². The summed E-state index contributed by atoms with van der Waals surface area (Å²) in [5, 5.41) is 3.25. The number of hydrogen-bond acceptors (Lipinski definition) is 3. The molecule has 0 radical (unpaired) electrons. The number of alkyl halides is 3. The molecule has 2 saturated carbocycles. The van der Waals surface area contributed by atoms with E-state index in [-0.39, 0.29) is 24.5 Å². The lowest BCUT2D eigenvalue weighted by atomic mass is 9.63. The van der Waals surface area contributed by atoms with E-state index in [2.05, 4.69) is 10.3 Å². The lowest BCUT2D eigenvalue weighted by Crippen LogP contribution is -2.62. The Morgan fingerprint density at radius 3 is 2.43 bits per heavy atom. The van der Waals surface area contributed by atoms with Crippen LogP contribution in [0.5, 0.6) is 5.75 Å². The molecular weight excluding hydrogens is 281 g/mol.